The third kappa shape index (κ3) is 4.36. The van der Waals surface area contributed by atoms with Crippen molar-refractivity contribution in [1.29, 1.82) is 0 Å². The first-order valence-electron chi connectivity index (χ1n) is 5.64. The number of rotatable bonds is 3. The molecule has 1 aliphatic carbocycles. The molecular weight excluding hydrogens is 190 g/mol. The van der Waals surface area contributed by atoms with Crippen LogP contribution in [0.4, 0.5) is 0 Å². The highest BCUT2D eigenvalue weighted by atomic mass is 16.5. The second kappa shape index (κ2) is 5.79. The van der Waals surface area contributed by atoms with E-state index in [2.05, 4.69) is 12.2 Å². The summed E-state index contributed by atoms with van der Waals surface area (Å²) in [7, 11) is 1.57. The summed E-state index contributed by atoms with van der Waals surface area (Å²) in [4.78, 5) is 11.5. The molecule has 1 fully saturated rings. The number of methoxy groups -OCH3 is 1. The second-order valence-electron chi connectivity index (χ2n) is 4.42. The molecule has 0 unspecified atom stereocenters. The van der Waals surface area contributed by atoms with Gasteiger partial charge in [0, 0.05) is 12.1 Å². The number of hydrogen-bond acceptors (Lipinski definition) is 2. The smallest absolute Gasteiger partial charge is 0.247 e. The molecule has 0 bridgehead atoms. The molecule has 15 heavy (non-hydrogen) atoms. The van der Waals surface area contributed by atoms with Gasteiger partial charge in [-0.3, -0.25) is 4.79 Å². The lowest BCUT2D eigenvalue weighted by molar-refractivity contribution is -0.117. The molecule has 1 amide bonds. The Bertz CT molecular complexity index is 240. The average molecular weight is 211 g/mol. The Labute approximate surface area is 91.9 Å². The van der Waals surface area contributed by atoms with Crippen LogP contribution in [0.15, 0.2) is 11.8 Å². The third-order valence-corrected chi connectivity index (χ3v) is 3.02. The Kier molecular flexibility index (Phi) is 4.66. The average Bonchev–Trinajstić information content (AvgIpc) is 2.21. The van der Waals surface area contributed by atoms with Gasteiger partial charge in [0.1, 0.15) is 0 Å². The summed E-state index contributed by atoms with van der Waals surface area (Å²) < 4.78 is 4.93. The predicted molar refractivity (Wildman–Crippen MR) is 60.3 cm³/mol. The summed E-state index contributed by atoms with van der Waals surface area (Å²) in [6.45, 7) is 4.05. The maximum atomic E-state index is 11.5. The molecule has 1 saturated carbocycles. The highest BCUT2D eigenvalue weighted by Gasteiger charge is 2.18. The van der Waals surface area contributed by atoms with Crippen LogP contribution < -0.4 is 5.32 Å². The lowest BCUT2D eigenvalue weighted by Crippen LogP contribution is -2.36. The minimum absolute atomic E-state index is 0.0334. The Morgan fingerprint density at radius 2 is 1.93 bits per heavy atom. The van der Waals surface area contributed by atoms with Crippen LogP contribution >= 0.6 is 0 Å². The van der Waals surface area contributed by atoms with Gasteiger partial charge >= 0.3 is 0 Å². The molecular formula is C12H21NO2. The first-order valence-corrected chi connectivity index (χ1v) is 5.64. The Hall–Kier alpha value is -0.990. The molecule has 0 aliphatic heterocycles. The lowest BCUT2D eigenvalue weighted by Gasteiger charge is -2.26. The van der Waals surface area contributed by atoms with E-state index in [1.54, 1.807) is 14.0 Å². The quantitative estimate of drug-likeness (QED) is 0.574. The van der Waals surface area contributed by atoms with E-state index in [0.29, 0.717) is 11.8 Å². The van der Waals surface area contributed by atoms with Crippen LogP contribution in [0, 0.1) is 5.92 Å². The van der Waals surface area contributed by atoms with Gasteiger partial charge in [-0.05, 0) is 38.5 Å². The molecule has 0 aromatic rings. The number of allylic oxidation sites excluding steroid dienone is 1. The highest BCUT2D eigenvalue weighted by molar-refractivity contribution is 5.88. The molecule has 3 nitrogen and oxygen atoms in total. The maximum absolute atomic E-state index is 11.5. The van der Waals surface area contributed by atoms with Crippen molar-refractivity contribution in [2.75, 3.05) is 7.11 Å². The zero-order valence-electron chi connectivity index (χ0n) is 9.88. The third-order valence-electron chi connectivity index (χ3n) is 3.02. The number of hydrogen-bond donors (Lipinski definition) is 1. The Morgan fingerprint density at radius 3 is 2.47 bits per heavy atom. The van der Waals surface area contributed by atoms with E-state index in [1.165, 1.54) is 18.9 Å². The van der Waals surface area contributed by atoms with Crippen LogP contribution in [0.2, 0.25) is 0 Å². The van der Waals surface area contributed by atoms with Gasteiger partial charge in [0.15, 0.2) is 0 Å². The van der Waals surface area contributed by atoms with Crippen molar-refractivity contribution < 1.29 is 9.53 Å². The van der Waals surface area contributed by atoms with Gasteiger partial charge in [-0.15, -0.1) is 0 Å². The van der Waals surface area contributed by atoms with Gasteiger partial charge in [0.05, 0.1) is 12.9 Å². The van der Waals surface area contributed by atoms with E-state index in [0.717, 1.165) is 18.8 Å². The summed E-state index contributed by atoms with van der Waals surface area (Å²) in [5, 5.41) is 3.01. The van der Waals surface area contributed by atoms with E-state index in [9.17, 15) is 4.79 Å². The van der Waals surface area contributed by atoms with E-state index < -0.39 is 0 Å². The van der Waals surface area contributed by atoms with Crippen LogP contribution in [-0.4, -0.2) is 19.1 Å². The van der Waals surface area contributed by atoms with Crippen LogP contribution in [0.25, 0.3) is 0 Å². The minimum atomic E-state index is -0.0334. The second-order valence-corrected chi connectivity index (χ2v) is 4.42. The van der Waals surface area contributed by atoms with Crippen molar-refractivity contribution in [1.82, 2.24) is 5.32 Å². The Balaban J connectivity index is 2.32. The Morgan fingerprint density at radius 1 is 1.33 bits per heavy atom. The van der Waals surface area contributed by atoms with Crippen LogP contribution in [0.1, 0.15) is 39.5 Å². The first-order chi connectivity index (χ1) is 7.11. The molecule has 0 spiro atoms. The summed E-state index contributed by atoms with van der Waals surface area (Å²) in [6, 6.07) is 0.356. The number of carbonyl (C=O) groups excluding carboxylic acids is 1. The monoisotopic (exact) mass is 211 g/mol. The SMILES string of the molecule is COC(C)=CC(=O)NC1CCC(C)CC1. The van der Waals surface area contributed by atoms with Crippen molar-refractivity contribution in [2.24, 2.45) is 5.92 Å². The molecule has 0 heterocycles. The number of amides is 1. The van der Waals surface area contributed by atoms with Crippen molar-refractivity contribution in [2.45, 2.75) is 45.6 Å². The summed E-state index contributed by atoms with van der Waals surface area (Å²) in [6.07, 6.45) is 6.16. The molecule has 86 valence electrons. The first kappa shape index (κ1) is 12.1. The van der Waals surface area contributed by atoms with Crippen molar-refractivity contribution >= 4 is 5.91 Å². The topological polar surface area (TPSA) is 38.3 Å². The van der Waals surface area contributed by atoms with E-state index >= 15 is 0 Å². The number of ether oxygens (including phenoxy) is 1. The largest absolute Gasteiger partial charge is 0.501 e. The number of carbonyl (C=O) groups is 1. The van der Waals surface area contributed by atoms with Crippen molar-refractivity contribution in [3.05, 3.63) is 11.8 Å². The maximum Gasteiger partial charge on any atom is 0.247 e. The fourth-order valence-electron chi connectivity index (χ4n) is 1.89. The molecule has 3 heteroatoms. The zero-order valence-corrected chi connectivity index (χ0v) is 9.88. The summed E-state index contributed by atoms with van der Waals surface area (Å²) >= 11 is 0. The molecule has 0 radical (unpaired) electrons. The molecule has 0 aromatic heterocycles. The molecule has 1 N–H and O–H groups in total. The molecule has 0 aromatic carbocycles. The zero-order chi connectivity index (χ0) is 11.3. The summed E-state index contributed by atoms with van der Waals surface area (Å²) in [5.41, 5.74) is 0. The van der Waals surface area contributed by atoms with E-state index in [-0.39, 0.29) is 5.91 Å². The summed E-state index contributed by atoms with van der Waals surface area (Å²) in [5.74, 6) is 1.43. The minimum Gasteiger partial charge on any atom is -0.501 e. The molecule has 1 aliphatic rings. The van der Waals surface area contributed by atoms with Crippen molar-refractivity contribution in [3.8, 4) is 0 Å². The van der Waals surface area contributed by atoms with Gasteiger partial charge in [-0.2, -0.15) is 0 Å². The van der Waals surface area contributed by atoms with Gasteiger partial charge < -0.3 is 10.1 Å². The van der Waals surface area contributed by atoms with Gasteiger partial charge in [0.2, 0.25) is 5.91 Å². The fraction of sp³-hybridized carbons (Fsp3) is 0.750. The van der Waals surface area contributed by atoms with E-state index in [1.807, 2.05) is 0 Å². The van der Waals surface area contributed by atoms with Gasteiger partial charge in [-0.1, -0.05) is 6.92 Å². The van der Waals surface area contributed by atoms with Crippen LogP contribution in [0.3, 0.4) is 0 Å². The fourth-order valence-corrected chi connectivity index (χ4v) is 1.89. The molecule has 0 atom stereocenters. The van der Waals surface area contributed by atoms with Crippen molar-refractivity contribution in [3.63, 3.8) is 0 Å². The molecule has 1 rings (SSSR count). The predicted octanol–water partition coefficient (Wildman–Crippen LogP) is 2.23. The lowest BCUT2D eigenvalue weighted by atomic mass is 9.87. The van der Waals surface area contributed by atoms with Crippen LogP contribution in [0.5, 0.6) is 0 Å². The van der Waals surface area contributed by atoms with Crippen LogP contribution in [-0.2, 0) is 9.53 Å². The van der Waals surface area contributed by atoms with Gasteiger partial charge in [-0.25, -0.2) is 0 Å². The highest BCUT2D eigenvalue weighted by Crippen LogP contribution is 2.23. The standard InChI is InChI=1S/C12H21NO2/c1-9-4-6-11(7-5-9)13-12(14)8-10(2)15-3/h8-9,11H,4-7H2,1-3H3,(H,13,14). The number of nitrogens with one attached hydrogen (secondary N) is 1. The normalized spacial score (nSPS) is 27.3. The molecule has 0 saturated heterocycles. The van der Waals surface area contributed by atoms with Gasteiger partial charge in [0.25, 0.3) is 0 Å². The van der Waals surface area contributed by atoms with E-state index in [4.69, 9.17) is 4.74 Å².